The van der Waals surface area contributed by atoms with E-state index in [1.54, 1.807) is 24.5 Å². The highest BCUT2D eigenvalue weighted by Gasteiger charge is 2.10. The molecule has 0 bridgehead atoms. The van der Waals surface area contributed by atoms with Crippen LogP contribution in [-0.2, 0) is 0 Å². The van der Waals surface area contributed by atoms with Crippen LogP contribution >= 0.6 is 15.9 Å². The number of anilines is 1. The molecule has 0 saturated carbocycles. The Morgan fingerprint density at radius 2 is 2.33 bits per heavy atom. The molecule has 1 heterocycles. The minimum absolute atomic E-state index is 0.293. The van der Waals surface area contributed by atoms with Crippen molar-refractivity contribution in [2.24, 2.45) is 0 Å². The van der Waals surface area contributed by atoms with Crippen LogP contribution in [0.3, 0.4) is 0 Å². The molecule has 0 aliphatic heterocycles. The lowest BCUT2D eigenvalue weighted by Crippen LogP contribution is -2.07. The molecule has 0 saturated heterocycles. The average molecular weight is 310 g/mol. The summed E-state index contributed by atoms with van der Waals surface area (Å²) in [4.78, 5) is 4.19. The molecule has 5 heteroatoms. The molecule has 0 aliphatic carbocycles. The van der Waals surface area contributed by atoms with Crippen molar-refractivity contribution in [1.29, 1.82) is 0 Å². The Bertz CT molecular complexity index is 578. The van der Waals surface area contributed by atoms with E-state index in [2.05, 4.69) is 32.8 Å². The lowest BCUT2D eigenvalue weighted by molar-refractivity contribution is 0.619. The molecule has 1 aromatic heterocycles. The van der Waals surface area contributed by atoms with Crippen molar-refractivity contribution in [3.05, 3.63) is 53.0 Å². The first-order chi connectivity index (χ1) is 8.63. The zero-order valence-corrected chi connectivity index (χ0v) is 11.5. The quantitative estimate of drug-likeness (QED) is 0.873. The van der Waals surface area contributed by atoms with Gasteiger partial charge in [-0.05, 0) is 40.5 Å². The molecule has 18 heavy (non-hydrogen) atoms. The van der Waals surface area contributed by atoms with E-state index >= 15 is 0 Å². The van der Waals surface area contributed by atoms with Gasteiger partial charge in [0.25, 0.3) is 0 Å². The van der Waals surface area contributed by atoms with Gasteiger partial charge in [0.15, 0.2) is 0 Å². The molecule has 2 rings (SSSR count). The summed E-state index contributed by atoms with van der Waals surface area (Å²) in [6.45, 7) is 6.17. The fraction of sp³-hybridized carbons (Fsp3) is 0.154. The molecule has 94 valence electrons. The number of nitrogens with one attached hydrogen (secondary N) is 1. The normalized spacial score (nSPS) is 10.4. The standard InChI is InChI=1S/C13H13BrFN3/c1-3-4-16-13-17-5-6-18(13)12-8-11(15)10(14)7-9(12)2/h3,5-8H,1,4H2,2H3,(H,16,17). The summed E-state index contributed by atoms with van der Waals surface area (Å²) in [6, 6.07) is 3.24. The van der Waals surface area contributed by atoms with Crippen LogP contribution in [0.25, 0.3) is 5.69 Å². The predicted molar refractivity (Wildman–Crippen MR) is 74.6 cm³/mol. The fourth-order valence-electron chi connectivity index (χ4n) is 1.69. The van der Waals surface area contributed by atoms with Crippen LogP contribution in [0.5, 0.6) is 0 Å². The maximum Gasteiger partial charge on any atom is 0.207 e. The first-order valence-electron chi connectivity index (χ1n) is 5.47. The lowest BCUT2D eigenvalue weighted by atomic mass is 10.2. The van der Waals surface area contributed by atoms with Crippen molar-refractivity contribution in [3.63, 3.8) is 0 Å². The summed E-state index contributed by atoms with van der Waals surface area (Å²) in [5.41, 5.74) is 1.72. The monoisotopic (exact) mass is 309 g/mol. The number of hydrogen-bond donors (Lipinski definition) is 1. The first kappa shape index (κ1) is 12.8. The molecule has 1 N–H and O–H groups in total. The van der Waals surface area contributed by atoms with E-state index in [1.807, 2.05) is 11.5 Å². The number of imidazole rings is 1. The van der Waals surface area contributed by atoms with Gasteiger partial charge in [-0.15, -0.1) is 6.58 Å². The summed E-state index contributed by atoms with van der Waals surface area (Å²) >= 11 is 3.18. The fourth-order valence-corrected chi connectivity index (χ4v) is 2.15. The highest BCUT2D eigenvalue weighted by atomic mass is 79.9. The Hall–Kier alpha value is -1.62. The van der Waals surface area contributed by atoms with E-state index in [0.29, 0.717) is 17.0 Å². The summed E-state index contributed by atoms with van der Waals surface area (Å²) in [7, 11) is 0. The van der Waals surface area contributed by atoms with E-state index < -0.39 is 0 Å². The molecule has 0 fully saturated rings. The molecule has 1 aromatic carbocycles. The van der Waals surface area contributed by atoms with Crippen molar-refractivity contribution in [2.45, 2.75) is 6.92 Å². The van der Waals surface area contributed by atoms with E-state index in [0.717, 1.165) is 11.3 Å². The molecular weight excluding hydrogens is 297 g/mol. The van der Waals surface area contributed by atoms with Gasteiger partial charge in [0.1, 0.15) is 5.82 Å². The molecule has 3 nitrogen and oxygen atoms in total. The van der Waals surface area contributed by atoms with Gasteiger partial charge in [-0.1, -0.05) is 6.08 Å². The molecule has 0 aliphatic rings. The average Bonchev–Trinajstić information content (AvgIpc) is 2.79. The number of nitrogens with zero attached hydrogens (tertiary/aromatic N) is 2. The Balaban J connectivity index is 2.45. The number of benzene rings is 1. The molecule has 2 aromatic rings. The zero-order valence-electron chi connectivity index (χ0n) is 9.95. The third-order valence-corrected chi connectivity index (χ3v) is 3.15. The first-order valence-corrected chi connectivity index (χ1v) is 6.27. The van der Waals surface area contributed by atoms with E-state index in [4.69, 9.17) is 0 Å². The summed E-state index contributed by atoms with van der Waals surface area (Å²) in [5.74, 6) is 0.374. The largest absolute Gasteiger partial charge is 0.352 e. The third kappa shape index (κ3) is 2.46. The maximum atomic E-state index is 13.6. The van der Waals surface area contributed by atoms with Crippen LogP contribution in [-0.4, -0.2) is 16.1 Å². The molecule has 0 amide bonds. The number of aryl methyl sites for hydroxylation is 1. The zero-order chi connectivity index (χ0) is 13.1. The summed E-state index contributed by atoms with van der Waals surface area (Å²) < 4.78 is 15.9. The van der Waals surface area contributed by atoms with Gasteiger partial charge < -0.3 is 5.32 Å². The second-order valence-electron chi connectivity index (χ2n) is 3.84. The Labute approximate surface area is 113 Å². The highest BCUT2D eigenvalue weighted by molar-refractivity contribution is 9.10. The summed E-state index contributed by atoms with van der Waals surface area (Å²) in [5, 5.41) is 3.10. The van der Waals surface area contributed by atoms with Gasteiger partial charge in [-0.3, -0.25) is 4.57 Å². The number of halogens is 2. The third-order valence-electron chi connectivity index (χ3n) is 2.54. The summed E-state index contributed by atoms with van der Waals surface area (Å²) in [6.07, 6.45) is 5.21. The Morgan fingerprint density at radius 3 is 3.06 bits per heavy atom. The van der Waals surface area contributed by atoms with Gasteiger partial charge in [-0.25, -0.2) is 9.37 Å². The number of rotatable bonds is 4. The Morgan fingerprint density at radius 1 is 1.56 bits per heavy atom. The van der Waals surface area contributed by atoms with Gasteiger partial charge in [0, 0.05) is 18.9 Å². The van der Waals surface area contributed by atoms with Crippen LogP contribution in [0.2, 0.25) is 0 Å². The van der Waals surface area contributed by atoms with E-state index in [1.165, 1.54) is 6.07 Å². The molecular formula is C13H13BrFN3. The Kier molecular flexibility index (Phi) is 3.81. The lowest BCUT2D eigenvalue weighted by Gasteiger charge is -2.12. The van der Waals surface area contributed by atoms with Crippen LogP contribution < -0.4 is 5.32 Å². The maximum absolute atomic E-state index is 13.6. The van der Waals surface area contributed by atoms with E-state index in [-0.39, 0.29) is 5.82 Å². The number of hydrogen-bond acceptors (Lipinski definition) is 2. The topological polar surface area (TPSA) is 29.9 Å². The molecule has 0 spiro atoms. The minimum atomic E-state index is -0.293. The van der Waals surface area contributed by atoms with Crippen molar-refractivity contribution in [2.75, 3.05) is 11.9 Å². The van der Waals surface area contributed by atoms with E-state index in [9.17, 15) is 4.39 Å². The SMILES string of the molecule is C=CCNc1nccn1-c1cc(F)c(Br)cc1C. The highest BCUT2D eigenvalue weighted by Crippen LogP contribution is 2.25. The predicted octanol–water partition coefficient (Wildman–Crippen LogP) is 3.68. The van der Waals surface area contributed by atoms with Crippen LogP contribution in [0, 0.1) is 12.7 Å². The van der Waals surface area contributed by atoms with Crippen LogP contribution in [0.1, 0.15) is 5.56 Å². The second kappa shape index (κ2) is 5.35. The second-order valence-corrected chi connectivity index (χ2v) is 4.70. The minimum Gasteiger partial charge on any atom is -0.352 e. The number of aromatic nitrogens is 2. The molecule has 0 radical (unpaired) electrons. The van der Waals surface area contributed by atoms with Gasteiger partial charge in [0.05, 0.1) is 10.2 Å². The smallest absolute Gasteiger partial charge is 0.207 e. The van der Waals surface area contributed by atoms with Gasteiger partial charge >= 0.3 is 0 Å². The van der Waals surface area contributed by atoms with Crippen LogP contribution in [0.15, 0.2) is 41.7 Å². The van der Waals surface area contributed by atoms with Gasteiger partial charge in [-0.2, -0.15) is 0 Å². The van der Waals surface area contributed by atoms with Crippen molar-refractivity contribution in [3.8, 4) is 5.69 Å². The van der Waals surface area contributed by atoms with Crippen LogP contribution in [0.4, 0.5) is 10.3 Å². The molecule has 0 atom stereocenters. The van der Waals surface area contributed by atoms with Crippen molar-refractivity contribution in [1.82, 2.24) is 9.55 Å². The van der Waals surface area contributed by atoms with Crippen molar-refractivity contribution < 1.29 is 4.39 Å². The molecule has 0 unspecified atom stereocenters. The van der Waals surface area contributed by atoms with Crippen molar-refractivity contribution >= 4 is 21.9 Å². The van der Waals surface area contributed by atoms with Gasteiger partial charge in [0.2, 0.25) is 5.95 Å².